The lowest BCUT2D eigenvalue weighted by Gasteiger charge is -2.18. The molecule has 27 heavy (non-hydrogen) atoms. The number of nitrogens with one attached hydrogen (secondary N) is 1. The molecule has 0 saturated heterocycles. The van der Waals surface area contributed by atoms with Crippen molar-refractivity contribution in [1.29, 1.82) is 0 Å². The van der Waals surface area contributed by atoms with E-state index in [0.29, 0.717) is 17.0 Å². The third-order valence-electron chi connectivity index (χ3n) is 4.68. The number of ether oxygens (including phenoxy) is 1. The highest BCUT2D eigenvalue weighted by molar-refractivity contribution is 6.36. The average molecular weight is 391 g/mol. The number of nitrogens with zero attached hydrogens (tertiary/aromatic N) is 1. The normalized spacial score (nSPS) is 10.8. The molecule has 0 radical (unpaired) electrons. The van der Waals surface area contributed by atoms with E-state index in [4.69, 9.17) is 16.3 Å². The number of hydrogen-bond donors (Lipinski definition) is 1. The average Bonchev–Trinajstić information content (AvgIpc) is 2.64. The number of carbonyl (C=O) groups is 1. The van der Waals surface area contributed by atoms with Gasteiger partial charge in [-0.3, -0.25) is 4.79 Å². The largest absolute Gasteiger partial charge is 0.618 e. The number of aromatic nitrogens is 1. The van der Waals surface area contributed by atoms with Gasteiger partial charge in [0.1, 0.15) is 10.6 Å². The van der Waals surface area contributed by atoms with E-state index in [1.807, 2.05) is 20.8 Å². The van der Waals surface area contributed by atoms with Gasteiger partial charge >= 0.3 is 0 Å². The van der Waals surface area contributed by atoms with Crippen LogP contribution < -0.4 is 14.8 Å². The summed E-state index contributed by atoms with van der Waals surface area (Å²) in [4.78, 5) is 13.1. The first kappa shape index (κ1) is 21.0. The lowest BCUT2D eigenvalue weighted by Crippen LogP contribution is -2.37. The fourth-order valence-electron chi connectivity index (χ4n) is 3.29. The van der Waals surface area contributed by atoms with Crippen LogP contribution >= 0.6 is 11.6 Å². The number of anilines is 1. The number of benzene rings is 1. The molecular formula is C21H27ClN2O3. The number of aryl methyl sites for hydroxylation is 3. The van der Waals surface area contributed by atoms with E-state index < -0.39 is 5.91 Å². The molecule has 0 bridgehead atoms. The summed E-state index contributed by atoms with van der Waals surface area (Å²) in [6, 6.07) is 4.13. The number of amides is 1. The smallest absolute Gasteiger partial charge is 0.263 e. The van der Waals surface area contributed by atoms with Gasteiger partial charge in [0.25, 0.3) is 5.91 Å². The molecule has 1 aromatic heterocycles. The zero-order chi connectivity index (χ0) is 20.3. The lowest BCUT2D eigenvalue weighted by molar-refractivity contribution is -0.619. The van der Waals surface area contributed by atoms with Gasteiger partial charge in [0.05, 0.1) is 6.61 Å². The summed E-state index contributed by atoms with van der Waals surface area (Å²) in [5.41, 5.74) is 4.80. The van der Waals surface area contributed by atoms with E-state index in [-0.39, 0.29) is 22.0 Å². The van der Waals surface area contributed by atoms with Crippen LogP contribution in [0.1, 0.15) is 59.2 Å². The van der Waals surface area contributed by atoms with Gasteiger partial charge in [0.15, 0.2) is 0 Å². The number of pyridine rings is 1. The standard InChI is InChI=1S/C21H27ClN2O3/c1-7-15-10-12(4)11-16(8-2)19(15)23-21(25)17-13(5)24(26)14(6)20(18(17)22)27-9-3/h10-11H,7-9H2,1-6H3,(H,23,25). The zero-order valence-corrected chi connectivity index (χ0v) is 17.6. The minimum absolute atomic E-state index is 0.144. The molecular weight excluding hydrogens is 364 g/mol. The van der Waals surface area contributed by atoms with Crippen LogP contribution in [-0.4, -0.2) is 12.5 Å². The van der Waals surface area contributed by atoms with Crippen molar-refractivity contribution in [2.24, 2.45) is 0 Å². The highest BCUT2D eigenvalue weighted by Gasteiger charge is 2.28. The summed E-state index contributed by atoms with van der Waals surface area (Å²) >= 11 is 6.47. The molecule has 0 saturated carbocycles. The van der Waals surface area contributed by atoms with Crippen molar-refractivity contribution < 1.29 is 14.3 Å². The predicted octanol–water partition coefficient (Wildman–Crippen LogP) is 4.67. The molecule has 2 rings (SSSR count). The highest BCUT2D eigenvalue weighted by atomic mass is 35.5. The Morgan fingerprint density at radius 3 is 2.15 bits per heavy atom. The number of carbonyl (C=O) groups excluding carboxylic acids is 1. The Kier molecular flexibility index (Phi) is 6.71. The van der Waals surface area contributed by atoms with Crippen molar-refractivity contribution in [2.75, 3.05) is 11.9 Å². The quantitative estimate of drug-likeness (QED) is 0.575. The summed E-state index contributed by atoms with van der Waals surface area (Å²) in [7, 11) is 0. The Labute approximate surface area is 165 Å². The fraction of sp³-hybridized carbons (Fsp3) is 0.429. The predicted molar refractivity (Wildman–Crippen MR) is 109 cm³/mol. The topological polar surface area (TPSA) is 65.3 Å². The minimum atomic E-state index is -0.406. The molecule has 1 aromatic carbocycles. The monoisotopic (exact) mass is 390 g/mol. The van der Waals surface area contributed by atoms with Crippen LogP contribution in [0.15, 0.2) is 12.1 Å². The maximum atomic E-state index is 13.1. The SMILES string of the molecule is CCOc1c(Cl)c(C(=O)Nc2c(CC)cc(C)cc2CC)c(C)[n+]([O-])c1C. The summed E-state index contributed by atoms with van der Waals surface area (Å²) < 4.78 is 6.21. The summed E-state index contributed by atoms with van der Waals surface area (Å²) in [5.74, 6) is -0.156. The Balaban J connectivity index is 2.58. The van der Waals surface area contributed by atoms with Gasteiger partial charge in [-0.1, -0.05) is 43.1 Å². The number of halogens is 1. The first-order valence-corrected chi connectivity index (χ1v) is 9.63. The summed E-state index contributed by atoms with van der Waals surface area (Å²) in [6.07, 6.45) is 1.58. The Morgan fingerprint density at radius 2 is 1.67 bits per heavy atom. The van der Waals surface area contributed by atoms with Gasteiger partial charge in [-0.15, -0.1) is 0 Å². The van der Waals surface area contributed by atoms with Gasteiger partial charge in [-0.25, -0.2) is 0 Å². The molecule has 1 heterocycles. The van der Waals surface area contributed by atoms with Crippen LogP contribution in [0.2, 0.25) is 5.02 Å². The third-order valence-corrected chi connectivity index (χ3v) is 5.04. The minimum Gasteiger partial charge on any atom is -0.618 e. The zero-order valence-electron chi connectivity index (χ0n) is 16.8. The van der Waals surface area contributed by atoms with Crippen LogP contribution in [-0.2, 0) is 12.8 Å². The molecule has 0 aliphatic rings. The Hall–Kier alpha value is -2.27. The van der Waals surface area contributed by atoms with E-state index in [1.54, 1.807) is 20.8 Å². The summed E-state index contributed by atoms with van der Waals surface area (Å²) in [6.45, 7) is 11.5. The van der Waals surface area contributed by atoms with Gasteiger partial charge in [0.2, 0.25) is 17.1 Å². The molecule has 146 valence electrons. The molecule has 0 unspecified atom stereocenters. The summed E-state index contributed by atoms with van der Waals surface area (Å²) in [5, 5.41) is 15.6. The van der Waals surface area contributed by atoms with Crippen molar-refractivity contribution in [3.63, 3.8) is 0 Å². The van der Waals surface area contributed by atoms with Crippen molar-refractivity contribution in [3.05, 3.63) is 56.0 Å². The molecule has 1 amide bonds. The second-order valence-electron chi connectivity index (χ2n) is 6.54. The fourth-order valence-corrected chi connectivity index (χ4v) is 3.70. The maximum Gasteiger partial charge on any atom is 0.263 e. The van der Waals surface area contributed by atoms with E-state index >= 15 is 0 Å². The van der Waals surface area contributed by atoms with Crippen molar-refractivity contribution in [1.82, 2.24) is 0 Å². The molecule has 1 N–H and O–H groups in total. The molecule has 6 heteroatoms. The van der Waals surface area contributed by atoms with E-state index in [0.717, 1.165) is 35.2 Å². The third kappa shape index (κ3) is 4.03. The first-order chi connectivity index (χ1) is 12.8. The van der Waals surface area contributed by atoms with Crippen molar-refractivity contribution in [2.45, 2.75) is 54.4 Å². The van der Waals surface area contributed by atoms with Crippen LogP contribution in [0.5, 0.6) is 5.75 Å². The van der Waals surface area contributed by atoms with Crippen LogP contribution in [0.25, 0.3) is 0 Å². The van der Waals surface area contributed by atoms with Crippen molar-refractivity contribution >= 4 is 23.2 Å². The lowest BCUT2D eigenvalue weighted by atomic mass is 9.99. The molecule has 2 aromatic rings. The van der Waals surface area contributed by atoms with Crippen LogP contribution in [0.4, 0.5) is 5.69 Å². The van der Waals surface area contributed by atoms with E-state index in [1.165, 1.54) is 0 Å². The van der Waals surface area contributed by atoms with Gasteiger partial charge < -0.3 is 15.3 Å². The first-order valence-electron chi connectivity index (χ1n) is 9.25. The van der Waals surface area contributed by atoms with Crippen molar-refractivity contribution in [3.8, 4) is 5.75 Å². The molecule has 0 fully saturated rings. The molecule has 0 atom stereocenters. The Morgan fingerprint density at radius 1 is 1.11 bits per heavy atom. The van der Waals surface area contributed by atoms with E-state index in [2.05, 4.69) is 17.4 Å². The Bertz CT molecular complexity index is 853. The second kappa shape index (κ2) is 8.61. The van der Waals surface area contributed by atoms with Crippen LogP contribution in [0, 0.1) is 26.0 Å². The molecule has 0 spiro atoms. The number of hydrogen-bond acceptors (Lipinski definition) is 3. The molecule has 5 nitrogen and oxygen atoms in total. The van der Waals surface area contributed by atoms with Gasteiger partial charge in [-0.2, -0.15) is 4.73 Å². The number of rotatable bonds is 6. The maximum absolute atomic E-state index is 13.1. The second-order valence-corrected chi connectivity index (χ2v) is 6.91. The van der Waals surface area contributed by atoms with Gasteiger partial charge in [-0.05, 0) is 37.8 Å². The highest BCUT2D eigenvalue weighted by Crippen LogP contribution is 2.33. The van der Waals surface area contributed by atoms with E-state index in [9.17, 15) is 10.0 Å². The molecule has 0 aliphatic carbocycles. The molecule has 0 aliphatic heterocycles. The van der Waals surface area contributed by atoms with Crippen LogP contribution in [0.3, 0.4) is 0 Å². The van der Waals surface area contributed by atoms with Gasteiger partial charge in [0, 0.05) is 19.5 Å².